The van der Waals surface area contributed by atoms with Crippen LogP contribution in [0, 0.1) is 6.92 Å². The number of carbonyl (C=O) groups excluding carboxylic acids is 1. The van der Waals surface area contributed by atoms with Gasteiger partial charge in [0.05, 0.1) is 11.4 Å². The summed E-state index contributed by atoms with van der Waals surface area (Å²) in [4.78, 5) is 17.6. The van der Waals surface area contributed by atoms with Crippen molar-refractivity contribution in [2.75, 3.05) is 12.3 Å². The molecule has 0 aliphatic heterocycles. The van der Waals surface area contributed by atoms with Crippen LogP contribution in [0.15, 0.2) is 120 Å². The molecule has 0 bridgehead atoms. The fourth-order valence-electron chi connectivity index (χ4n) is 4.37. The number of rotatable bonds is 10. The highest BCUT2D eigenvalue weighted by molar-refractivity contribution is 7.99. The second kappa shape index (κ2) is 12.4. The Morgan fingerprint density at radius 3 is 2.03 bits per heavy atom. The van der Waals surface area contributed by atoms with Gasteiger partial charge in [0.1, 0.15) is 0 Å². The molecule has 0 spiro atoms. The van der Waals surface area contributed by atoms with E-state index in [1.54, 1.807) is 11.8 Å². The molecule has 1 amide bonds. The molecule has 5 aromatic rings. The van der Waals surface area contributed by atoms with Gasteiger partial charge >= 0.3 is 0 Å². The third-order valence-electron chi connectivity index (χ3n) is 6.36. The molecule has 0 aliphatic rings. The zero-order chi connectivity index (χ0) is 26.2. The Morgan fingerprint density at radius 1 is 0.763 bits per heavy atom. The highest BCUT2D eigenvalue weighted by Gasteiger charge is 2.21. The van der Waals surface area contributed by atoms with Crippen molar-refractivity contribution in [1.82, 2.24) is 14.9 Å². The summed E-state index contributed by atoms with van der Waals surface area (Å²) in [5, 5.41) is 4.01. The van der Waals surface area contributed by atoms with E-state index in [2.05, 4.69) is 82.7 Å². The fourth-order valence-corrected chi connectivity index (χ4v) is 5.38. The molecule has 0 unspecified atom stereocenters. The summed E-state index contributed by atoms with van der Waals surface area (Å²) in [5.74, 6) is 0.893. The maximum absolute atomic E-state index is 12.4. The normalized spacial score (nSPS) is 10.9. The van der Waals surface area contributed by atoms with Gasteiger partial charge in [-0.05, 0) is 44.0 Å². The number of aryl methyl sites for hydroxylation is 1. The maximum atomic E-state index is 12.4. The number of amides is 1. The van der Waals surface area contributed by atoms with Crippen LogP contribution < -0.4 is 5.32 Å². The van der Waals surface area contributed by atoms with Crippen molar-refractivity contribution in [3.8, 4) is 28.2 Å². The Balaban J connectivity index is 1.34. The summed E-state index contributed by atoms with van der Waals surface area (Å²) in [6.45, 7) is 2.68. The molecule has 4 nitrogen and oxygen atoms in total. The smallest absolute Gasteiger partial charge is 0.251 e. The number of benzene rings is 4. The number of thioether (sulfide) groups is 1. The van der Waals surface area contributed by atoms with Gasteiger partial charge in [-0.15, -0.1) is 0 Å². The molecule has 5 heteroatoms. The van der Waals surface area contributed by atoms with Crippen molar-refractivity contribution in [3.05, 3.63) is 126 Å². The summed E-state index contributed by atoms with van der Waals surface area (Å²) in [6.07, 6.45) is 1.88. The second-order valence-corrected chi connectivity index (χ2v) is 10.2. The molecule has 190 valence electrons. The zero-order valence-electron chi connectivity index (χ0n) is 21.5. The number of para-hydroxylation sites is 1. The molecular weight excluding hydrogens is 486 g/mol. The summed E-state index contributed by atoms with van der Waals surface area (Å²) in [7, 11) is 0. The number of nitrogens with zero attached hydrogens (tertiary/aromatic N) is 2. The molecule has 1 aromatic heterocycles. The molecule has 0 saturated carbocycles. The quantitative estimate of drug-likeness (QED) is 0.152. The molecule has 0 saturated heterocycles. The van der Waals surface area contributed by atoms with Crippen molar-refractivity contribution >= 4 is 17.7 Å². The van der Waals surface area contributed by atoms with Crippen LogP contribution in [0.2, 0.25) is 0 Å². The Morgan fingerprint density at radius 2 is 1.37 bits per heavy atom. The summed E-state index contributed by atoms with van der Waals surface area (Å²) >= 11 is 1.76. The van der Waals surface area contributed by atoms with Crippen LogP contribution >= 0.6 is 11.8 Å². The predicted octanol–water partition coefficient (Wildman–Crippen LogP) is 7.82. The number of aromatic nitrogens is 2. The molecule has 0 fully saturated rings. The van der Waals surface area contributed by atoms with Gasteiger partial charge in [0.25, 0.3) is 5.91 Å². The third kappa shape index (κ3) is 6.06. The zero-order valence-corrected chi connectivity index (χ0v) is 22.3. The summed E-state index contributed by atoms with van der Waals surface area (Å²) in [5.41, 5.74) is 7.25. The van der Waals surface area contributed by atoms with Crippen LogP contribution in [0.3, 0.4) is 0 Å². The lowest BCUT2D eigenvalue weighted by Gasteiger charge is -2.13. The highest BCUT2D eigenvalue weighted by atomic mass is 32.2. The van der Waals surface area contributed by atoms with E-state index in [1.807, 2.05) is 49.4 Å². The Kier molecular flexibility index (Phi) is 8.36. The first-order chi connectivity index (χ1) is 18.7. The average molecular weight is 518 g/mol. The minimum Gasteiger partial charge on any atom is -0.352 e. The maximum Gasteiger partial charge on any atom is 0.251 e. The number of imidazole rings is 1. The lowest BCUT2D eigenvalue weighted by atomic mass is 10.0. The van der Waals surface area contributed by atoms with Crippen LogP contribution in [0.5, 0.6) is 0 Å². The van der Waals surface area contributed by atoms with Gasteiger partial charge in [-0.1, -0.05) is 108 Å². The summed E-state index contributed by atoms with van der Waals surface area (Å²) in [6, 6.07) is 39.0. The second-order valence-electron chi connectivity index (χ2n) is 9.17. The van der Waals surface area contributed by atoms with E-state index in [0.717, 1.165) is 57.5 Å². The largest absolute Gasteiger partial charge is 0.352 e. The van der Waals surface area contributed by atoms with Gasteiger partial charge < -0.3 is 5.32 Å². The average Bonchev–Trinajstić information content (AvgIpc) is 3.36. The molecule has 1 N–H and O–H groups in total. The highest BCUT2D eigenvalue weighted by Crippen LogP contribution is 2.38. The molecule has 1 heterocycles. The van der Waals surface area contributed by atoms with E-state index < -0.39 is 0 Å². The Labute approximate surface area is 228 Å². The molecule has 0 atom stereocenters. The van der Waals surface area contributed by atoms with Crippen molar-refractivity contribution in [2.45, 2.75) is 24.9 Å². The van der Waals surface area contributed by atoms with E-state index in [0.29, 0.717) is 12.1 Å². The van der Waals surface area contributed by atoms with Crippen LogP contribution in [-0.2, 0) is 0 Å². The van der Waals surface area contributed by atoms with Crippen molar-refractivity contribution < 1.29 is 4.79 Å². The molecule has 0 aliphatic carbocycles. The van der Waals surface area contributed by atoms with Gasteiger partial charge in [0.15, 0.2) is 5.16 Å². The molecule has 38 heavy (non-hydrogen) atoms. The molecule has 5 rings (SSSR count). The van der Waals surface area contributed by atoms with E-state index in [-0.39, 0.29) is 5.91 Å². The van der Waals surface area contributed by atoms with Crippen molar-refractivity contribution in [2.24, 2.45) is 0 Å². The van der Waals surface area contributed by atoms with E-state index >= 15 is 0 Å². The van der Waals surface area contributed by atoms with Gasteiger partial charge in [0.2, 0.25) is 0 Å². The molecule has 0 radical (unpaired) electrons. The number of hydrogen-bond acceptors (Lipinski definition) is 3. The monoisotopic (exact) mass is 517 g/mol. The summed E-state index contributed by atoms with van der Waals surface area (Å²) < 4.78 is 2.28. The standard InChI is InChI=1S/C33H31N3OS/c1-25-19-21-28(22-20-25)32(37)34-23-11-12-24-38-33-35-30(26-13-5-2-6-14-26)31(27-15-7-3-8-16-27)36(33)29-17-9-4-10-18-29/h2-10,13-22H,11-12,23-24H2,1H3,(H,34,37). The topological polar surface area (TPSA) is 46.9 Å². The van der Waals surface area contributed by atoms with Crippen LogP contribution in [-0.4, -0.2) is 27.8 Å². The predicted molar refractivity (Wildman–Crippen MR) is 158 cm³/mol. The lowest BCUT2D eigenvalue weighted by Crippen LogP contribution is -2.24. The first-order valence-electron chi connectivity index (χ1n) is 13.0. The Hall–Kier alpha value is -4.09. The minimum atomic E-state index is -0.0164. The molecule has 4 aromatic carbocycles. The van der Waals surface area contributed by atoms with Gasteiger partial charge in [-0.25, -0.2) is 4.98 Å². The lowest BCUT2D eigenvalue weighted by molar-refractivity contribution is 0.0953. The van der Waals surface area contributed by atoms with Crippen molar-refractivity contribution in [1.29, 1.82) is 0 Å². The number of hydrogen-bond donors (Lipinski definition) is 1. The Bertz CT molecular complexity index is 1460. The third-order valence-corrected chi connectivity index (χ3v) is 7.38. The van der Waals surface area contributed by atoms with Crippen molar-refractivity contribution in [3.63, 3.8) is 0 Å². The van der Waals surface area contributed by atoms with Gasteiger partial charge in [-0.2, -0.15) is 0 Å². The fraction of sp³-hybridized carbons (Fsp3) is 0.152. The number of nitrogens with one attached hydrogen (secondary N) is 1. The molecular formula is C33H31N3OS. The van der Waals surface area contributed by atoms with Gasteiger partial charge in [-0.3, -0.25) is 9.36 Å². The van der Waals surface area contributed by atoms with Crippen LogP contribution in [0.25, 0.3) is 28.2 Å². The van der Waals surface area contributed by atoms with E-state index in [1.165, 1.54) is 0 Å². The first-order valence-corrected chi connectivity index (χ1v) is 14.0. The van der Waals surface area contributed by atoms with E-state index in [4.69, 9.17) is 4.98 Å². The SMILES string of the molecule is Cc1ccc(C(=O)NCCCCSc2nc(-c3ccccc3)c(-c3ccccc3)n2-c2ccccc2)cc1. The van der Waals surface area contributed by atoms with Gasteiger partial charge in [0, 0.05) is 34.7 Å². The van der Waals surface area contributed by atoms with Crippen LogP contribution in [0.4, 0.5) is 0 Å². The van der Waals surface area contributed by atoms with Crippen LogP contribution in [0.1, 0.15) is 28.8 Å². The van der Waals surface area contributed by atoms with E-state index in [9.17, 15) is 4.79 Å². The number of carbonyl (C=O) groups is 1. The minimum absolute atomic E-state index is 0.0164. The first kappa shape index (κ1) is 25.6. The number of unbranched alkanes of at least 4 members (excludes halogenated alkanes) is 1.